The highest BCUT2D eigenvalue weighted by molar-refractivity contribution is 5.78. The zero-order chi connectivity index (χ0) is 23.5. The molecule has 0 aliphatic heterocycles. The van der Waals surface area contributed by atoms with Gasteiger partial charge in [-0.3, -0.25) is 4.79 Å². The Morgan fingerprint density at radius 2 is 1.88 bits per heavy atom. The van der Waals surface area contributed by atoms with Crippen LogP contribution in [-0.2, 0) is 13.0 Å². The highest BCUT2D eigenvalue weighted by Gasteiger charge is 2.12. The number of rotatable bonds is 6. The van der Waals surface area contributed by atoms with Gasteiger partial charge in [0.15, 0.2) is 5.43 Å². The Bertz CT molecular complexity index is 1600. The van der Waals surface area contributed by atoms with Crippen LogP contribution in [0.15, 0.2) is 94.1 Å². The van der Waals surface area contributed by atoms with E-state index in [1.807, 2.05) is 60.7 Å². The van der Waals surface area contributed by atoms with Crippen LogP contribution in [0, 0.1) is 11.3 Å². The van der Waals surface area contributed by atoms with E-state index in [0.29, 0.717) is 35.3 Å². The fourth-order valence-electron chi connectivity index (χ4n) is 3.88. The summed E-state index contributed by atoms with van der Waals surface area (Å²) in [5, 5.41) is 21.3. The summed E-state index contributed by atoms with van der Waals surface area (Å²) in [4.78, 5) is 16.7. The van der Waals surface area contributed by atoms with Crippen LogP contribution in [0.5, 0.6) is 5.75 Å². The summed E-state index contributed by atoms with van der Waals surface area (Å²) in [6.45, 7) is 0.315. The monoisotopic (exact) mass is 448 g/mol. The molecule has 0 bridgehead atoms. The molecule has 0 saturated heterocycles. The molecule has 0 fully saturated rings. The highest BCUT2D eigenvalue weighted by atomic mass is 16.5. The summed E-state index contributed by atoms with van der Waals surface area (Å²) < 4.78 is 11.4. The van der Waals surface area contributed by atoms with Crippen LogP contribution in [0.4, 0.5) is 0 Å². The van der Waals surface area contributed by atoms with E-state index < -0.39 is 6.10 Å². The van der Waals surface area contributed by atoms with Gasteiger partial charge in [0, 0.05) is 17.9 Å². The van der Waals surface area contributed by atoms with Crippen LogP contribution in [0.3, 0.4) is 0 Å². The number of nitrogens with zero attached hydrogens (tertiary/aromatic N) is 2. The third kappa shape index (κ3) is 4.51. The Labute approximate surface area is 195 Å². The van der Waals surface area contributed by atoms with Crippen LogP contribution in [-0.4, -0.2) is 10.1 Å². The topological polar surface area (TPSA) is 96.4 Å². The van der Waals surface area contributed by atoms with Gasteiger partial charge in [0.2, 0.25) is 5.76 Å². The smallest absolute Gasteiger partial charge is 0.207 e. The fourth-order valence-corrected chi connectivity index (χ4v) is 3.88. The van der Waals surface area contributed by atoms with Crippen molar-refractivity contribution in [1.82, 2.24) is 4.98 Å². The molecule has 0 saturated carbocycles. The molecule has 34 heavy (non-hydrogen) atoms. The van der Waals surface area contributed by atoms with Crippen molar-refractivity contribution < 1.29 is 14.3 Å². The standard InChI is InChI=1S/C28H20N2O4/c29-16-23-15-27(32)24-11-8-18(13-28(24)34-23)12-26(31)20-5-3-6-22(14-20)33-17-21-10-9-19-4-1-2-7-25(19)30-21/h1-11,13-15,26,31H,12,17H2. The molecular weight excluding hydrogens is 428 g/mol. The van der Waals surface area contributed by atoms with E-state index in [1.165, 1.54) is 6.07 Å². The zero-order valence-corrected chi connectivity index (χ0v) is 18.1. The van der Waals surface area contributed by atoms with Crippen molar-refractivity contribution >= 4 is 21.9 Å². The van der Waals surface area contributed by atoms with Crippen LogP contribution in [0.1, 0.15) is 28.7 Å². The SMILES string of the molecule is N#Cc1cc(=O)c2ccc(CC(O)c3cccc(OCc4ccc5ccccc5n4)c3)cc2o1. The second kappa shape index (κ2) is 9.18. The Kier molecular flexibility index (Phi) is 5.77. The predicted molar refractivity (Wildman–Crippen MR) is 128 cm³/mol. The van der Waals surface area contributed by atoms with Gasteiger partial charge in [-0.25, -0.2) is 4.98 Å². The lowest BCUT2D eigenvalue weighted by Crippen LogP contribution is -2.05. The van der Waals surface area contributed by atoms with E-state index in [4.69, 9.17) is 14.4 Å². The first-order chi connectivity index (χ1) is 16.6. The van der Waals surface area contributed by atoms with Gasteiger partial charge in [-0.2, -0.15) is 5.26 Å². The highest BCUT2D eigenvalue weighted by Crippen LogP contribution is 2.25. The summed E-state index contributed by atoms with van der Waals surface area (Å²) in [7, 11) is 0. The van der Waals surface area contributed by atoms with Crippen molar-refractivity contribution in [2.45, 2.75) is 19.1 Å². The van der Waals surface area contributed by atoms with Crippen molar-refractivity contribution in [3.05, 3.63) is 118 Å². The average molecular weight is 448 g/mol. The number of aromatic nitrogens is 1. The summed E-state index contributed by atoms with van der Waals surface area (Å²) >= 11 is 0. The van der Waals surface area contributed by atoms with Crippen molar-refractivity contribution in [3.63, 3.8) is 0 Å². The second-order valence-electron chi connectivity index (χ2n) is 7.99. The molecule has 0 amide bonds. The number of nitriles is 1. The van der Waals surface area contributed by atoms with Gasteiger partial charge in [0.1, 0.15) is 24.0 Å². The minimum Gasteiger partial charge on any atom is -0.487 e. The maximum Gasteiger partial charge on any atom is 0.207 e. The number of hydrogen-bond donors (Lipinski definition) is 1. The number of aliphatic hydroxyl groups is 1. The largest absolute Gasteiger partial charge is 0.487 e. The van der Waals surface area contributed by atoms with Crippen LogP contribution >= 0.6 is 0 Å². The maximum atomic E-state index is 12.1. The van der Waals surface area contributed by atoms with Gasteiger partial charge in [-0.1, -0.05) is 42.5 Å². The predicted octanol–water partition coefficient (Wildman–Crippen LogP) is 5.07. The normalized spacial score (nSPS) is 11.9. The van der Waals surface area contributed by atoms with Crippen molar-refractivity contribution in [2.24, 2.45) is 0 Å². The molecule has 0 aliphatic carbocycles. The van der Waals surface area contributed by atoms with Crippen LogP contribution in [0.2, 0.25) is 0 Å². The van der Waals surface area contributed by atoms with Gasteiger partial charge < -0.3 is 14.3 Å². The van der Waals surface area contributed by atoms with Crippen molar-refractivity contribution in [3.8, 4) is 11.8 Å². The summed E-state index contributed by atoms with van der Waals surface area (Å²) in [5.41, 5.74) is 3.28. The summed E-state index contributed by atoms with van der Waals surface area (Å²) in [6.07, 6.45) is -0.475. The second-order valence-corrected chi connectivity index (χ2v) is 7.99. The third-order valence-electron chi connectivity index (χ3n) is 5.62. The molecule has 0 radical (unpaired) electrons. The molecule has 5 aromatic rings. The zero-order valence-electron chi connectivity index (χ0n) is 18.1. The molecule has 166 valence electrons. The first-order valence-electron chi connectivity index (χ1n) is 10.8. The van der Waals surface area contributed by atoms with E-state index in [1.54, 1.807) is 24.3 Å². The van der Waals surface area contributed by atoms with E-state index >= 15 is 0 Å². The minimum absolute atomic E-state index is 0.0408. The fraction of sp³-hybridized carbons (Fsp3) is 0.107. The Hall–Kier alpha value is -4.47. The van der Waals surface area contributed by atoms with E-state index in [9.17, 15) is 9.90 Å². The Balaban J connectivity index is 1.30. The molecule has 1 unspecified atom stereocenters. The molecule has 6 heteroatoms. The number of pyridine rings is 1. The van der Waals surface area contributed by atoms with Crippen LogP contribution in [0.25, 0.3) is 21.9 Å². The molecule has 5 rings (SSSR count). The molecule has 6 nitrogen and oxygen atoms in total. The molecule has 3 aromatic carbocycles. The number of benzene rings is 3. The lowest BCUT2D eigenvalue weighted by atomic mass is 10.0. The quantitative estimate of drug-likeness (QED) is 0.390. The minimum atomic E-state index is -0.786. The number of para-hydroxylation sites is 1. The third-order valence-corrected chi connectivity index (χ3v) is 5.62. The molecule has 2 aromatic heterocycles. The van der Waals surface area contributed by atoms with Crippen molar-refractivity contribution in [1.29, 1.82) is 5.26 Å². The molecule has 1 N–H and O–H groups in total. The lowest BCUT2D eigenvalue weighted by Gasteiger charge is -2.13. The van der Waals surface area contributed by atoms with E-state index in [2.05, 4.69) is 4.98 Å². The molecule has 0 aliphatic rings. The summed E-state index contributed by atoms with van der Waals surface area (Å²) in [6, 6.07) is 27.3. The lowest BCUT2D eigenvalue weighted by molar-refractivity contribution is 0.177. The molecule has 0 spiro atoms. The average Bonchev–Trinajstić information content (AvgIpc) is 2.87. The first kappa shape index (κ1) is 21.4. The van der Waals surface area contributed by atoms with Crippen molar-refractivity contribution in [2.75, 3.05) is 0 Å². The number of aliphatic hydroxyl groups excluding tert-OH is 1. The van der Waals surface area contributed by atoms with Gasteiger partial charge >= 0.3 is 0 Å². The molecule has 2 heterocycles. The number of fused-ring (bicyclic) bond motifs is 2. The van der Waals surface area contributed by atoms with E-state index in [0.717, 1.165) is 22.2 Å². The molecule has 1 atom stereocenters. The van der Waals surface area contributed by atoms with E-state index in [-0.39, 0.29) is 11.2 Å². The number of hydrogen-bond acceptors (Lipinski definition) is 6. The van der Waals surface area contributed by atoms with Gasteiger partial charge in [0.05, 0.1) is 22.7 Å². The first-order valence-corrected chi connectivity index (χ1v) is 10.8. The van der Waals surface area contributed by atoms with Crippen LogP contribution < -0.4 is 10.2 Å². The van der Waals surface area contributed by atoms with Gasteiger partial charge in [0.25, 0.3) is 0 Å². The maximum absolute atomic E-state index is 12.1. The molecular formula is C28H20N2O4. The summed E-state index contributed by atoms with van der Waals surface area (Å²) in [5.74, 6) is 0.593. The Morgan fingerprint density at radius 1 is 1.00 bits per heavy atom. The van der Waals surface area contributed by atoms with Gasteiger partial charge in [-0.05, 0) is 47.5 Å². The Morgan fingerprint density at radius 3 is 2.76 bits per heavy atom. The van der Waals surface area contributed by atoms with Gasteiger partial charge in [-0.15, -0.1) is 0 Å². The number of ether oxygens (including phenoxy) is 1.